The SMILES string of the molecule is CCCN(CCC)C(CC)c1nnc2n1-c1ccc(Cl)cc1C(c1ccccc1Cl)=NC2. The minimum Gasteiger partial charge on any atom is -0.293 e. The Morgan fingerprint density at radius 3 is 2.41 bits per heavy atom. The predicted molar refractivity (Wildman–Crippen MR) is 132 cm³/mol. The number of halogens is 2. The molecule has 2 aromatic carbocycles. The lowest BCUT2D eigenvalue weighted by Gasteiger charge is -2.30. The first kappa shape index (κ1) is 23.0. The molecule has 0 saturated heterocycles. The molecule has 7 heteroatoms. The molecule has 0 spiro atoms. The zero-order valence-corrected chi connectivity index (χ0v) is 20.4. The summed E-state index contributed by atoms with van der Waals surface area (Å²) in [6, 6.07) is 13.9. The zero-order valence-electron chi connectivity index (χ0n) is 18.9. The average Bonchev–Trinajstić information content (AvgIpc) is 3.12. The molecular weight excluding hydrogens is 441 g/mol. The molecule has 1 aliphatic heterocycles. The first-order valence-corrected chi connectivity index (χ1v) is 12.1. The van der Waals surface area contributed by atoms with E-state index in [1.807, 2.05) is 42.5 Å². The largest absolute Gasteiger partial charge is 0.293 e. The van der Waals surface area contributed by atoms with E-state index in [1.165, 1.54) is 0 Å². The van der Waals surface area contributed by atoms with Crippen LogP contribution >= 0.6 is 23.2 Å². The van der Waals surface area contributed by atoms with Gasteiger partial charge in [-0.15, -0.1) is 10.2 Å². The molecule has 4 rings (SSSR count). The molecule has 3 aromatic rings. The molecule has 1 aliphatic rings. The fourth-order valence-electron chi connectivity index (χ4n) is 4.52. The maximum atomic E-state index is 6.56. The quantitative estimate of drug-likeness (QED) is 0.378. The van der Waals surface area contributed by atoms with Crippen LogP contribution in [0, 0.1) is 0 Å². The highest BCUT2D eigenvalue weighted by Gasteiger charge is 2.29. The molecular formula is C25H29Cl2N5. The zero-order chi connectivity index (χ0) is 22.7. The summed E-state index contributed by atoms with van der Waals surface area (Å²) in [5, 5.41) is 10.6. The van der Waals surface area contributed by atoms with Gasteiger partial charge in [-0.05, 0) is 56.6 Å². The Hall–Kier alpha value is -2.21. The van der Waals surface area contributed by atoms with Gasteiger partial charge in [-0.3, -0.25) is 14.5 Å². The molecule has 0 radical (unpaired) electrons. The molecule has 32 heavy (non-hydrogen) atoms. The molecule has 1 aromatic heterocycles. The summed E-state index contributed by atoms with van der Waals surface area (Å²) in [6.07, 6.45) is 3.16. The number of aliphatic imine (C=N–C) groups is 1. The van der Waals surface area contributed by atoms with E-state index in [2.05, 4.69) is 40.4 Å². The van der Waals surface area contributed by atoms with Crippen LogP contribution in [0.4, 0.5) is 0 Å². The minimum atomic E-state index is 0.182. The lowest BCUT2D eigenvalue weighted by molar-refractivity contribution is 0.183. The topological polar surface area (TPSA) is 46.3 Å². The Labute approximate surface area is 200 Å². The number of aromatic nitrogens is 3. The van der Waals surface area contributed by atoms with E-state index in [-0.39, 0.29) is 6.04 Å². The fraction of sp³-hybridized carbons (Fsp3) is 0.400. The second-order valence-corrected chi connectivity index (χ2v) is 8.92. The molecule has 0 bridgehead atoms. The van der Waals surface area contributed by atoms with Crippen LogP contribution < -0.4 is 0 Å². The average molecular weight is 470 g/mol. The summed E-state index contributed by atoms with van der Waals surface area (Å²) in [7, 11) is 0. The third kappa shape index (κ3) is 4.34. The van der Waals surface area contributed by atoms with E-state index in [0.29, 0.717) is 16.6 Å². The summed E-state index contributed by atoms with van der Waals surface area (Å²) in [5.41, 5.74) is 3.66. The van der Waals surface area contributed by atoms with Crippen molar-refractivity contribution in [3.05, 3.63) is 75.3 Å². The van der Waals surface area contributed by atoms with Gasteiger partial charge in [0.05, 0.1) is 17.4 Å². The van der Waals surface area contributed by atoms with Gasteiger partial charge in [0.1, 0.15) is 6.54 Å². The van der Waals surface area contributed by atoms with E-state index in [0.717, 1.165) is 66.5 Å². The van der Waals surface area contributed by atoms with E-state index >= 15 is 0 Å². The number of hydrogen-bond donors (Lipinski definition) is 0. The van der Waals surface area contributed by atoms with E-state index < -0.39 is 0 Å². The highest BCUT2D eigenvalue weighted by Crippen LogP contribution is 2.33. The molecule has 0 aliphatic carbocycles. The van der Waals surface area contributed by atoms with Gasteiger partial charge in [0.15, 0.2) is 11.6 Å². The maximum Gasteiger partial charge on any atom is 0.159 e. The van der Waals surface area contributed by atoms with Crippen LogP contribution in [0.15, 0.2) is 47.5 Å². The summed E-state index contributed by atoms with van der Waals surface area (Å²) in [5.74, 6) is 1.79. The van der Waals surface area contributed by atoms with E-state index in [9.17, 15) is 0 Å². The van der Waals surface area contributed by atoms with Crippen LogP contribution in [-0.4, -0.2) is 38.5 Å². The first-order chi connectivity index (χ1) is 15.6. The summed E-state index contributed by atoms with van der Waals surface area (Å²) >= 11 is 13.0. The van der Waals surface area contributed by atoms with Crippen LogP contribution in [0.2, 0.25) is 10.0 Å². The second kappa shape index (κ2) is 10.2. The van der Waals surface area contributed by atoms with Crippen molar-refractivity contribution in [3.63, 3.8) is 0 Å². The van der Waals surface area contributed by atoms with Gasteiger partial charge in [-0.1, -0.05) is 62.2 Å². The summed E-state index contributed by atoms with van der Waals surface area (Å²) in [4.78, 5) is 7.45. The van der Waals surface area contributed by atoms with E-state index in [1.54, 1.807) is 0 Å². The predicted octanol–water partition coefficient (Wildman–Crippen LogP) is 6.50. The number of hydrogen-bond acceptors (Lipinski definition) is 4. The Morgan fingerprint density at radius 2 is 1.72 bits per heavy atom. The second-order valence-electron chi connectivity index (χ2n) is 8.08. The van der Waals surface area contributed by atoms with Crippen molar-refractivity contribution < 1.29 is 0 Å². The molecule has 0 fully saturated rings. The van der Waals surface area contributed by atoms with Crippen molar-refractivity contribution in [1.82, 2.24) is 19.7 Å². The molecule has 1 unspecified atom stereocenters. The maximum absolute atomic E-state index is 6.56. The highest BCUT2D eigenvalue weighted by atomic mass is 35.5. The lowest BCUT2D eigenvalue weighted by Crippen LogP contribution is -2.32. The van der Waals surface area contributed by atoms with Gasteiger partial charge < -0.3 is 0 Å². The van der Waals surface area contributed by atoms with Gasteiger partial charge in [0, 0.05) is 21.2 Å². The van der Waals surface area contributed by atoms with Crippen LogP contribution in [0.25, 0.3) is 5.69 Å². The van der Waals surface area contributed by atoms with Gasteiger partial charge in [-0.2, -0.15) is 0 Å². The van der Waals surface area contributed by atoms with Crippen LogP contribution in [0.1, 0.15) is 68.9 Å². The molecule has 2 heterocycles. The van der Waals surface area contributed by atoms with E-state index in [4.69, 9.17) is 28.2 Å². The third-order valence-corrected chi connectivity index (χ3v) is 6.43. The molecule has 0 N–H and O–H groups in total. The van der Waals surface area contributed by atoms with Crippen molar-refractivity contribution in [3.8, 4) is 5.69 Å². The van der Waals surface area contributed by atoms with Gasteiger partial charge in [-0.25, -0.2) is 0 Å². The van der Waals surface area contributed by atoms with Crippen molar-refractivity contribution in [2.24, 2.45) is 4.99 Å². The molecule has 5 nitrogen and oxygen atoms in total. The highest BCUT2D eigenvalue weighted by molar-refractivity contribution is 6.36. The van der Waals surface area contributed by atoms with Gasteiger partial charge in [0.25, 0.3) is 0 Å². The Bertz CT molecular complexity index is 1120. The summed E-state index contributed by atoms with van der Waals surface area (Å²) in [6.45, 7) is 9.15. The third-order valence-electron chi connectivity index (χ3n) is 5.86. The monoisotopic (exact) mass is 469 g/mol. The Morgan fingerprint density at radius 1 is 0.969 bits per heavy atom. The van der Waals surface area contributed by atoms with Gasteiger partial charge in [0.2, 0.25) is 0 Å². The van der Waals surface area contributed by atoms with Gasteiger partial charge >= 0.3 is 0 Å². The Balaban J connectivity index is 1.89. The van der Waals surface area contributed by atoms with Crippen LogP contribution in [0.5, 0.6) is 0 Å². The van der Waals surface area contributed by atoms with Crippen molar-refractivity contribution in [2.45, 2.75) is 52.6 Å². The summed E-state index contributed by atoms with van der Waals surface area (Å²) < 4.78 is 2.19. The lowest BCUT2D eigenvalue weighted by atomic mass is 10.00. The Kier molecular flexibility index (Phi) is 7.29. The molecule has 0 saturated carbocycles. The van der Waals surface area contributed by atoms with Crippen molar-refractivity contribution in [1.29, 1.82) is 0 Å². The molecule has 1 atom stereocenters. The molecule has 0 amide bonds. The minimum absolute atomic E-state index is 0.182. The molecule has 168 valence electrons. The number of nitrogens with zero attached hydrogens (tertiary/aromatic N) is 5. The standard InChI is InChI=1S/C25H29Cl2N5/c1-4-13-31(14-5-2)21(6-3)25-30-29-23-16-28-24(18-9-7-8-10-20(18)27)19-15-17(26)11-12-22(19)32(23)25/h7-12,15,21H,4-6,13-14,16H2,1-3H3. The fourth-order valence-corrected chi connectivity index (χ4v) is 4.92. The first-order valence-electron chi connectivity index (χ1n) is 11.4. The van der Waals surface area contributed by atoms with Crippen LogP contribution in [0.3, 0.4) is 0 Å². The number of benzene rings is 2. The van der Waals surface area contributed by atoms with Crippen molar-refractivity contribution >= 4 is 28.9 Å². The smallest absolute Gasteiger partial charge is 0.159 e. The normalized spacial score (nSPS) is 14.0. The van der Waals surface area contributed by atoms with Crippen molar-refractivity contribution in [2.75, 3.05) is 13.1 Å². The number of rotatable bonds is 8. The van der Waals surface area contributed by atoms with Crippen LogP contribution in [-0.2, 0) is 6.54 Å². The number of fused-ring (bicyclic) bond motifs is 3.